The van der Waals surface area contributed by atoms with E-state index in [0.29, 0.717) is 0 Å². The van der Waals surface area contributed by atoms with Crippen LogP contribution in [0.15, 0.2) is 35.7 Å². The molecular weight excluding hydrogens is 238 g/mol. The fourth-order valence-electron chi connectivity index (χ4n) is 2.01. The fourth-order valence-corrected chi connectivity index (χ4v) is 2.75. The summed E-state index contributed by atoms with van der Waals surface area (Å²) in [7, 11) is 0. The molecule has 2 N–H and O–H groups in total. The smallest absolute Gasteiger partial charge is 0.0559 e. The molecule has 0 amide bonds. The third kappa shape index (κ3) is 2.82. The molecule has 2 rings (SSSR count). The van der Waals surface area contributed by atoms with E-state index >= 15 is 0 Å². The zero-order chi connectivity index (χ0) is 13.3. The van der Waals surface area contributed by atoms with Gasteiger partial charge in [-0.2, -0.15) is 0 Å². The van der Waals surface area contributed by atoms with E-state index in [2.05, 4.69) is 63.4 Å². The van der Waals surface area contributed by atoms with Crippen LogP contribution in [0.25, 0.3) is 0 Å². The van der Waals surface area contributed by atoms with Crippen molar-refractivity contribution in [2.45, 2.75) is 39.2 Å². The maximum atomic E-state index is 6.30. The lowest BCUT2D eigenvalue weighted by atomic mass is 9.86. The Balaban J connectivity index is 2.24. The van der Waals surface area contributed by atoms with Crippen molar-refractivity contribution in [1.82, 2.24) is 0 Å². The van der Waals surface area contributed by atoms with Crippen molar-refractivity contribution in [2.75, 3.05) is 0 Å². The molecule has 1 nitrogen and oxygen atoms in total. The third-order valence-corrected chi connectivity index (χ3v) is 4.13. The molecule has 0 saturated heterocycles. The van der Waals surface area contributed by atoms with E-state index < -0.39 is 0 Å². The third-order valence-electron chi connectivity index (χ3n) is 3.25. The van der Waals surface area contributed by atoms with Crippen LogP contribution in [0.1, 0.15) is 48.4 Å². The molecule has 0 fully saturated rings. The van der Waals surface area contributed by atoms with Crippen molar-refractivity contribution in [3.05, 3.63) is 57.3 Å². The number of rotatable bonds is 2. The van der Waals surface area contributed by atoms with Gasteiger partial charge in [-0.15, -0.1) is 11.3 Å². The first kappa shape index (κ1) is 13.3. The number of benzene rings is 1. The molecule has 0 radical (unpaired) electrons. The van der Waals surface area contributed by atoms with Crippen molar-refractivity contribution in [1.29, 1.82) is 0 Å². The topological polar surface area (TPSA) is 26.0 Å². The first-order chi connectivity index (χ1) is 8.38. The summed E-state index contributed by atoms with van der Waals surface area (Å²) < 4.78 is 0. The number of hydrogen-bond donors (Lipinski definition) is 1. The first-order valence-corrected chi connectivity index (χ1v) is 7.17. The van der Waals surface area contributed by atoms with Gasteiger partial charge in [-0.25, -0.2) is 0 Å². The Morgan fingerprint density at radius 1 is 1.06 bits per heavy atom. The maximum Gasteiger partial charge on any atom is 0.0559 e. The highest BCUT2D eigenvalue weighted by atomic mass is 32.1. The highest BCUT2D eigenvalue weighted by Gasteiger charge is 2.15. The summed E-state index contributed by atoms with van der Waals surface area (Å²) in [6.45, 7) is 8.79. The predicted octanol–water partition coefficient (Wildman–Crippen LogP) is 4.40. The summed E-state index contributed by atoms with van der Waals surface area (Å²) in [4.78, 5) is 1.31. The van der Waals surface area contributed by atoms with Crippen LogP contribution < -0.4 is 5.73 Å². The van der Waals surface area contributed by atoms with Gasteiger partial charge in [0.2, 0.25) is 0 Å². The van der Waals surface area contributed by atoms with E-state index in [0.717, 1.165) is 0 Å². The summed E-state index contributed by atoms with van der Waals surface area (Å²) >= 11 is 1.75. The molecule has 1 atom stereocenters. The average Bonchev–Trinajstić information content (AvgIpc) is 2.74. The molecule has 96 valence electrons. The maximum absolute atomic E-state index is 6.30. The molecule has 0 aliphatic heterocycles. The summed E-state index contributed by atoms with van der Waals surface area (Å²) in [5, 5.41) is 2.15. The van der Waals surface area contributed by atoms with Gasteiger partial charge in [-0.1, -0.05) is 45.0 Å². The Labute approximate surface area is 114 Å². The minimum Gasteiger partial charge on any atom is -0.320 e. The number of aryl methyl sites for hydroxylation is 1. The van der Waals surface area contributed by atoms with Crippen LogP contribution in [0.4, 0.5) is 0 Å². The van der Waals surface area contributed by atoms with Crippen LogP contribution in [-0.2, 0) is 5.41 Å². The van der Waals surface area contributed by atoms with Crippen molar-refractivity contribution in [3.63, 3.8) is 0 Å². The number of thiophene rings is 1. The zero-order valence-electron chi connectivity index (χ0n) is 11.5. The van der Waals surface area contributed by atoms with E-state index in [1.165, 1.54) is 21.6 Å². The van der Waals surface area contributed by atoms with Crippen LogP contribution in [0.2, 0.25) is 0 Å². The molecule has 0 saturated carbocycles. The zero-order valence-corrected chi connectivity index (χ0v) is 12.3. The van der Waals surface area contributed by atoms with Gasteiger partial charge in [0.05, 0.1) is 6.04 Å². The molecule has 1 heterocycles. The van der Waals surface area contributed by atoms with Crippen LogP contribution >= 0.6 is 11.3 Å². The van der Waals surface area contributed by atoms with E-state index in [9.17, 15) is 0 Å². The largest absolute Gasteiger partial charge is 0.320 e. The van der Waals surface area contributed by atoms with Crippen LogP contribution in [-0.4, -0.2) is 0 Å². The quantitative estimate of drug-likeness (QED) is 0.850. The lowest BCUT2D eigenvalue weighted by Gasteiger charge is -2.20. The minimum absolute atomic E-state index is 0.0102. The Hall–Kier alpha value is -1.12. The molecule has 0 spiro atoms. The van der Waals surface area contributed by atoms with Gasteiger partial charge in [-0.05, 0) is 40.5 Å². The molecule has 2 aromatic rings. The first-order valence-electron chi connectivity index (χ1n) is 6.29. The molecule has 0 aliphatic rings. The van der Waals surface area contributed by atoms with Crippen molar-refractivity contribution in [2.24, 2.45) is 5.73 Å². The average molecular weight is 259 g/mol. The van der Waals surface area contributed by atoms with Gasteiger partial charge in [0.15, 0.2) is 0 Å². The second-order valence-electron chi connectivity index (χ2n) is 5.84. The van der Waals surface area contributed by atoms with E-state index in [-0.39, 0.29) is 11.5 Å². The predicted molar refractivity (Wildman–Crippen MR) is 80.2 cm³/mol. The minimum atomic E-state index is -0.0102. The van der Waals surface area contributed by atoms with Crippen molar-refractivity contribution in [3.8, 4) is 0 Å². The summed E-state index contributed by atoms with van der Waals surface area (Å²) in [5.41, 5.74) is 10.2. The summed E-state index contributed by atoms with van der Waals surface area (Å²) in [6.07, 6.45) is 0. The lowest BCUT2D eigenvalue weighted by molar-refractivity contribution is 0.589. The van der Waals surface area contributed by atoms with Gasteiger partial charge < -0.3 is 5.73 Å². The normalized spacial score (nSPS) is 13.6. The van der Waals surface area contributed by atoms with Gasteiger partial charge in [0.1, 0.15) is 0 Å². The molecular formula is C16H21NS. The number of nitrogens with two attached hydrogens (primary N) is 1. The molecule has 0 bridgehead atoms. The molecule has 2 heteroatoms. The highest BCUT2D eigenvalue weighted by molar-refractivity contribution is 7.10. The Morgan fingerprint density at radius 2 is 1.67 bits per heavy atom. The fraction of sp³-hybridized carbons (Fsp3) is 0.375. The second kappa shape index (κ2) is 4.87. The SMILES string of the molecule is Cc1cc(C(N)c2ccc(C(C)(C)C)cc2)cs1. The van der Waals surface area contributed by atoms with Crippen molar-refractivity contribution >= 4 is 11.3 Å². The van der Waals surface area contributed by atoms with Crippen LogP contribution in [0.5, 0.6) is 0 Å². The Bertz CT molecular complexity index is 517. The summed E-state index contributed by atoms with van der Waals surface area (Å²) in [6, 6.07) is 10.8. The lowest BCUT2D eigenvalue weighted by Crippen LogP contribution is -2.13. The molecule has 1 unspecified atom stereocenters. The molecule has 1 aromatic carbocycles. The van der Waals surface area contributed by atoms with Gasteiger partial charge in [-0.3, -0.25) is 0 Å². The Kier molecular flexibility index (Phi) is 3.60. The van der Waals surface area contributed by atoms with E-state index in [1.807, 2.05) is 0 Å². The standard InChI is InChI=1S/C16H21NS/c1-11-9-13(10-18-11)15(17)12-5-7-14(8-6-12)16(2,3)4/h5-10,15H,17H2,1-4H3. The second-order valence-corrected chi connectivity index (χ2v) is 6.96. The molecule has 0 aliphatic carbocycles. The van der Waals surface area contributed by atoms with Crippen molar-refractivity contribution < 1.29 is 0 Å². The van der Waals surface area contributed by atoms with Crippen LogP contribution in [0, 0.1) is 6.92 Å². The Morgan fingerprint density at radius 3 is 2.11 bits per heavy atom. The molecule has 1 aromatic heterocycles. The summed E-state index contributed by atoms with van der Waals surface area (Å²) in [5.74, 6) is 0. The number of hydrogen-bond acceptors (Lipinski definition) is 2. The molecule has 18 heavy (non-hydrogen) atoms. The van der Waals surface area contributed by atoms with E-state index in [1.54, 1.807) is 11.3 Å². The monoisotopic (exact) mass is 259 g/mol. The van der Waals surface area contributed by atoms with Gasteiger partial charge in [0, 0.05) is 4.88 Å². The van der Waals surface area contributed by atoms with Gasteiger partial charge >= 0.3 is 0 Å². The van der Waals surface area contributed by atoms with E-state index in [4.69, 9.17) is 5.73 Å². The highest BCUT2D eigenvalue weighted by Crippen LogP contribution is 2.27. The van der Waals surface area contributed by atoms with Gasteiger partial charge in [0.25, 0.3) is 0 Å². The van der Waals surface area contributed by atoms with Crippen LogP contribution in [0.3, 0.4) is 0 Å².